The van der Waals surface area contributed by atoms with Gasteiger partial charge in [-0.1, -0.05) is 218 Å². The molecular formula is C66H94Cl12N8O19Pt4. The number of aryl methyl sites for hydroxylation is 4. The molecule has 27 nitrogen and oxygen atoms in total. The number of carbonyl (C=O) groups excluding carboxylic acids is 2. The molecule has 636 valence electrons. The smallest absolute Gasteiger partial charge is 0.693 e. The van der Waals surface area contributed by atoms with Crippen molar-refractivity contribution in [1.82, 2.24) is 0 Å². The van der Waals surface area contributed by atoms with Crippen molar-refractivity contribution in [3.05, 3.63) is 258 Å². The largest absolute Gasteiger partial charge is 0.693 e. The first-order valence-electron chi connectivity index (χ1n) is 28.5. The van der Waals surface area contributed by atoms with E-state index in [2.05, 4.69) is 23.5 Å². The normalized spacial score (nSPS) is 9.03. The number of halogens is 12. The summed E-state index contributed by atoms with van der Waals surface area (Å²) in [5.41, 5.74) is 6.92. The number of ether oxygens (including phenoxy) is 1. The van der Waals surface area contributed by atoms with Gasteiger partial charge in [0, 0.05) is 32.6 Å². The number of carboxylic acid groups (broad SMARTS) is 7. The van der Waals surface area contributed by atoms with E-state index in [1.54, 1.807) is 19.1 Å². The van der Waals surface area contributed by atoms with E-state index in [1.165, 1.54) is 46.9 Å². The first-order valence-corrected chi connectivity index (χ1v) is 52.8. The zero-order valence-electron chi connectivity index (χ0n) is 58.7. The van der Waals surface area contributed by atoms with E-state index in [0.717, 1.165) is 63.4 Å². The minimum atomic E-state index is -1.29. The first-order chi connectivity index (χ1) is 47.7. The average Bonchev–Trinajstić information content (AvgIpc) is 0.877. The van der Waals surface area contributed by atoms with E-state index in [-0.39, 0.29) is 86.2 Å². The van der Waals surface area contributed by atoms with Gasteiger partial charge in [-0.15, -0.1) is 0 Å². The number of nitrogens with two attached hydrogens (primary N) is 8. The molecule has 0 saturated carbocycles. The van der Waals surface area contributed by atoms with Gasteiger partial charge in [-0.2, -0.15) is 5.26 Å². The molecule has 0 heterocycles. The van der Waals surface area contributed by atoms with Crippen LogP contribution in [0.2, 0.25) is 0 Å². The van der Waals surface area contributed by atoms with Crippen LogP contribution in [-0.2, 0) is 141 Å². The first kappa shape index (κ1) is 138. The Kier molecular flexibility index (Phi) is 124. The molecular weight excluding hydrogens is 2410 g/mol. The van der Waals surface area contributed by atoms with E-state index in [1.807, 2.05) is 146 Å². The maximum atomic E-state index is 11.1. The number of para-hydroxylation sites is 1. The molecule has 0 aliphatic rings. The van der Waals surface area contributed by atoms with Gasteiger partial charge >= 0.3 is 195 Å². The second-order valence-electron chi connectivity index (χ2n) is 19.3. The third-order valence-electron chi connectivity index (χ3n) is 11.1. The van der Waals surface area contributed by atoms with Crippen molar-refractivity contribution in [2.75, 3.05) is 0 Å². The summed E-state index contributed by atoms with van der Waals surface area (Å²) in [5, 5.41) is 66.0. The molecule has 1 unspecified atom stereocenters. The molecule has 1 atom stereocenters. The molecule has 0 aromatic heterocycles. The summed E-state index contributed by atoms with van der Waals surface area (Å²) in [5.74, 6) is -7.31. The van der Waals surface area contributed by atoms with Gasteiger partial charge < -0.3 is 94.6 Å². The molecule has 43 heteroatoms. The summed E-state index contributed by atoms with van der Waals surface area (Å²) >= 11 is 17.2. The number of hydrogen-bond donors (Lipinski definition) is 8. The number of hydrogen-bond acceptors (Lipinski definition) is 12. The van der Waals surface area contributed by atoms with Gasteiger partial charge in [0.15, 0.2) is 0 Å². The molecule has 6 aromatic carbocycles. The molecule has 6 aromatic rings. The number of esters is 1. The minimum Gasteiger partial charge on any atom is -0.693 e. The summed E-state index contributed by atoms with van der Waals surface area (Å²) in [6.45, 7) is 7.26. The van der Waals surface area contributed by atoms with E-state index >= 15 is 0 Å². The second-order valence-corrected chi connectivity index (χ2v) is 34.6. The Morgan fingerprint density at radius 2 is 0.596 bits per heavy atom. The molecule has 0 radical (unpaired) electrons. The van der Waals surface area contributed by atoms with Crippen LogP contribution in [-0.4, -0.2) is 104 Å². The van der Waals surface area contributed by atoms with E-state index in [9.17, 15) is 43.2 Å². The molecule has 109 heavy (non-hydrogen) atoms. The maximum Gasteiger partial charge on any atom is -0.693 e. The third-order valence-corrected chi connectivity index (χ3v) is 11.9. The summed E-state index contributed by atoms with van der Waals surface area (Å²) in [6, 6.07) is 53.5. The van der Waals surface area contributed by atoms with Gasteiger partial charge in [-0.05, 0) is 116 Å². The average molecular weight is 2510 g/mol. The van der Waals surface area contributed by atoms with Crippen LogP contribution in [0.3, 0.4) is 0 Å². The topological polar surface area (TPSA) is 602 Å². The third kappa shape index (κ3) is 102. The predicted molar refractivity (Wildman–Crippen MR) is 430 cm³/mol. The van der Waals surface area contributed by atoms with Crippen molar-refractivity contribution < 1.29 is 160 Å². The minimum absolute atomic E-state index is 0. The fourth-order valence-electron chi connectivity index (χ4n) is 6.87. The number of alkyl halides is 4. The van der Waals surface area contributed by atoms with Gasteiger partial charge in [-0.3, -0.25) is 24.0 Å². The summed E-state index contributed by atoms with van der Waals surface area (Å²) in [7, 11) is 39.0. The number of carbonyl (C=O) groups is 9. The fourth-order valence-corrected chi connectivity index (χ4v) is 6.87. The summed E-state index contributed by atoms with van der Waals surface area (Å²) in [6.07, 6.45) is 8.37. The predicted octanol–water partition coefficient (Wildman–Crippen LogP) is 25.7. The molecule has 0 saturated heterocycles. The Labute approximate surface area is 723 Å². The Hall–Kier alpha value is -3.58. The van der Waals surface area contributed by atoms with Crippen LogP contribution in [0.1, 0.15) is 129 Å². The van der Waals surface area contributed by atoms with Gasteiger partial charge in [0.2, 0.25) is 9.67 Å². The molecule has 0 aliphatic heterocycles. The van der Waals surface area contributed by atoms with Crippen LogP contribution in [0.5, 0.6) is 5.75 Å². The van der Waals surface area contributed by atoms with Crippen molar-refractivity contribution in [2.24, 2.45) is 5.92 Å². The van der Waals surface area contributed by atoms with Gasteiger partial charge in [-0.25, -0.2) is 19.2 Å². The Morgan fingerprint density at radius 1 is 0.367 bits per heavy atom. The second kappa shape index (κ2) is 98.6. The number of aliphatic carboxylic acids is 6. The standard InChI is InChI=1S/C13H18O3.4C10H12O2.C9H8O4.2C2H2Cl2O2.8ClH.8H2N.4Pt/c1-9(2)8-11-4-6-12(7-5-11)10(3)13(14)16-15;4*11-10(12)8-4-7-9-5-2-1-3-6-9;1-6(10)13-8-5-3-2-4-7(8)9(11)12;2*3-1(4)2(5)6;;;;;;;;;;;;;;;;;;;;/h4-7,9-10,15H,8H2,1-3H3;4*1-3,5-6H,4,7-8H2,(H,11,12);2-5H,1H3,(H,11,12);2*1H,(H,5,6);8*1H;8*1H2;;;;/q;;;;;;;;;;;;;;;;8*-1;4*+4/p-8. The Morgan fingerprint density at radius 3 is 0.789 bits per heavy atom. The maximum absolute atomic E-state index is 11.1. The molecule has 0 spiro atoms. The van der Waals surface area contributed by atoms with Crippen molar-refractivity contribution in [2.45, 2.75) is 127 Å². The van der Waals surface area contributed by atoms with E-state index in [4.69, 9.17) is 163 Å². The Balaban J connectivity index is -0.0000000772. The monoisotopic (exact) mass is 2500 g/mol. The van der Waals surface area contributed by atoms with Crippen LogP contribution in [0.25, 0.3) is 49.2 Å². The number of rotatable bonds is 24. The summed E-state index contributed by atoms with van der Waals surface area (Å²) < 4.78 is 4.69. The SMILES string of the molecule is CC(=O)Oc1ccccc1C(=O)O.CC(C)Cc1ccc(C(C)C(=O)OO)cc1.O=C(O)C(Cl)Cl.O=C(O)C(Cl)Cl.O=C(O)CCCc1ccccc1.O=C(O)CCCc1ccccc1.O=C(O)CCCc1ccccc1.O=C(O)CCCc1ccccc1.[Cl][Pt+2][Cl].[Cl][Pt+2][Cl].[Cl][Pt+2][Cl].[Cl][Pt+2][Cl].[NH2-].[NH2-].[NH2-].[NH2-].[NH2-].[NH2-].[NH2-].[NH2-]. The molecule has 6 rings (SSSR count). The fraction of sp³-hybridized carbons (Fsp3) is 0.318. The zero-order chi connectivity index (χ0) is 78.4. The molecule has 0 fully saturated rings. The quantitative estimate of drug-likeness (QED) is 0.00917. The Bertz CT molecular complexity index is 2850. The molecule has 0 aliphatic carbocycles. The van der Waals surface area contributed by atoms with Crippen molar-refractivity contribution in [1.29, 1.82) is 0 Å². The molecule has 24 N–H and O–H groups in total. The van der Waals surface area contributed by atoms with Gasteiger partial charge in [0.25, 0.3) is 0 Å². The number of benzene rings is 6. The molecule has 0 bridgehead atoms. The van der Waals surface area contributed by atoms with E-state index in [0.29, 0.717) is 5.92 Å². The van der Waals surface area contributed by atoms with Crippen molar-refractivity contribution in [3.63, 3.8) is 0 Å². The van der Waals surface area contributed by atoms with Crippen LogP contribution >= 0.6 is 122 Å². The molecule has 0 amide bonds. The number of carboxylic acids is 7. The van der Waals surface area contributed by atoms with Crippen molar-refractivity contribution >= 4 is 175 Å². The van der Waals surface area contributed by atoms with Crippen LogP contribution in [0.15, 0.2) is 170 Å². The van der Waals surface area contributed by atoms with Crippen LogP contribution in [0.4, 0.5) is 0 Å². The van der Waals surface area contributed by atoms with Crippen LogP contribution in [0, 0.1) is 5.92 Å². The van der Waals surface area contributed by atoms with Gasteiger partial charge in [0.05, 0.1) is 5.92 Å². The number of aromatic carboxylic acids is 1. The zero-order valence-corrected chi connectivity index (χ0v) is 76.8. The van der Waals surface area contributed by atoms with Crippen molar-refractivity contribution in [3.8, 4) is 5.75 Å². The van der Waals surface area contributed by atoms with Gasteiger partial charge in [0.1, 0.15) is 11.3 Å². The summed E-state index contributed by atoms with van der Waals surface area (Å²) in [4.78, 5) is 93.1. The van der Waals surface area contributed by atoms with Crippen LogP contribution < -0.4 is 4.74 Å². The van der Waals surface area contributed by atoms with E-state index < -0.39 is 135 Å².